The number of rotatable bonds is 8. The molecule has 1 heterocycles. The van der Waals surface area contributed by atoms with Crippen molar-refractivity contribution in [3.8, 4) is 11.3 Å². The van der Waals surface area contributed by atoms with Crippen LogP contribution in [-0.2, 0) is 20.7 Å². The van der Waals surface area contributed by atoms with E-state index in [1.54, 1.807) is 12.1 Å². The van der Waals surface area contributed by atoms with Gasteiger partial charge in [0.15, 0.2) is 6.61 Å². The third-order valence-corrected chi connectivity index (χ3v) is 4.44. The molecule has 1 aromatic heterocycles. The minimum Gasteiger partial charge on any atom is -0.461 e. The van der Waals surface area contributed by atoms with Gasteiger partial charge in [0.05, 0.1) is 22.6 Å². The molecule has 3 aromatic rings. The normalized spacial score (nSPS) is 10.4. The Morgan fingerprint density at radius 3 is 2.57 bits per heavy atom. The Labute approximate surface area is 172 Å². The molecular weight excluding hydrogens is 388 g/mol. The lowest BCUT2D eigenvalue weighted by atomic mass is 10.1. The summed E-state index contributed by atoms with van der Waals surface area (Å²) in [4.78, 5) is 34.4. The number of nitrogens with zero attached hydrogens (tertiary/aromatic N) is 1. The summed E-state index contributed by atoms with van der Waals surface area (Å²) in [5.74, 6) is 0.239. The van der Waals surface area contributed by atoms with E-state index in [9.17, 15) is 19.7 Å². The molecule has 2 aromatic carbocycles. The van der Waals surface area contributed by atoms with Crippen LogP contribution in [0.1, 0.15) is 17.7 Å². The molecule has 3 rings (SSSR count). The summed E-state index contributed by atoms with van der Waals surface area (Å²) in [6.07, 6.45) is 0.405. The third kappa shape index (κ3) is 5.32. The van der Waals surface area contributed by atoms with Crippen molar-refractivity contribution in [2.45, 2.75) is 19.8 Å². The first-order chi connectivity index (χ1) is 14.4. The van der Waals surface area contributed by atoms with Crippen LogP contribution in [0.15, 0.2) is 65.1 Å². The van der Waals surface area contributed by atoms with Crippen molar-refractivity contribution in [3.63, 3.8) is 0 Å². The highest BCUT2D eigenvalue weighted by atomic mass is 16.6. The van der Waals surface area contributed by atoms with Crippen molar-refractivity contribution >= 4 is 23.3 Å². The first kappa shape index (κ1) is 20.8. The lowest BCUT2D eigenvalue weighted by molar-refractivity contribution is -0.385. The van der Waals surface area contributed by atoms with Crippen molar-refractivity contribution in [2.75, 3.05) is 11.9 Å². The molecule has 0 saturated carbocycles. The van der Waals surface area contributed by atoms with E-state index in [1.807, 2.05) is 36.4 Å². The van der Waals surface area contributed by atoms with Crippen LogP contribution in [0.25, 0.3) is 11.3 Å². The predicted octanol–water partition coefficient (Wildman–Crippen LogP) is 4.28. The first-order valence-corrected chi connectivity index (χ1v) is 9.27. The van der Waals surface area contributed by atoms with Crippen LogP contribution >= 0.6 is 0 Å². The molecule has 0 aliphatic rings. The van der Waals surface area contributed by atoms with Gasteiger partial charge in [0.2, 0.25) is 0 Å². The van der Waals surface area contributed by atoms with Crippen LogP contribution in [0, 0.1) is 17.0 Å². The molecular formula is C22H20N2O6. The number of hydrogen-bond donors (Lipinski definition) is 1. The zero-order chi connectivity index (χ0) is 21.5. The molecule has 0 radical (unpaired) electrons. The van der Waals surface area contributed by atoms with Crippen LogP contribution in [0.4, 0.5) is 11.4 Å². The molecule has 0 bridgehead atoms. The van der Waals surface area contributed by atoms with E-state index in [0.29, 0.717) is 29.2 Å². The summed E-state index contributed by atoms with van der Waals surface area (Å²) in [6.45, 7) is 1.06. The maximum atomic E-state index is 12.0. The molecule has 1 amide bonds. The Bertz CT molecular complexity index is 1060. The smallest absolute Gasteiger partial charge is 0.306 e. The Balaban J connectivity index is 1.46. The predicted molar refractivity (Wildman–Crippen MR) is 110 cm³/mol. The highest BCUT2D eigenvalue weighted by Crippen LogP contribution is 2.25. The van der Waals surface area contributed by atoms with Crippen molar-refractivity contribution in [3.05, 3.63) is 82.1 Å². The van der Waals surface area contributed by atoms with Gasteiger partial charge in [-0.3, -0.25) is 19.7 Å². The summed E-state index contributed by atoms with van der Waals surface area (Å²) in [5, 5.41) is 13.5. The topological polar surface area (TPSA) is 112 Å². The van der Waals surface area contributed by atoms with E-state index in [0.717, 1.165) is 5.56 Å². The number of carbonyl (C=O) groups excluding carboxylic acids is 2. The molecule has 30 heavy (non-hydrogen) atoms. The van der Waals surface area contributed by atoms with Gasteiger partial charge in [-0.1, -0.05) is 36.4 Å². The van der Waals surface area contributed by atoms with Gasteiger partial charge in [-0.05, 0) is 25.1 Å². The number of ether oxygens (including phenoxy) is 1. The summed E-state index contributed by atoms with van der Waals surface area (Å²) < 4.78 is 10.7. The molecule has 8 heteroatoms. The second kappa shape index (κ2) is 9.51. The van der Waals surface area contributed by atoms with Gasteiger partial charge in [-0.2, -0.15) is 0 Å². The lowest BCUT2D eigenvalue weighted by Crippen LogP contribution is -2.21. The van der Waals surface area contributed by atoms with Crippen LogP contribution in [0.5, 0.6) is 0 Å². The standard InChI is InChI=1S/C22H20N2O6/c1-15-18(8-5-9-19(15)24(27)28)23-21(25)14-29-22(26)13-11-17-10-12-20(30-17)16-6-3-2-4-7-16/h2-10,12H,11,13-14H2,1H3,(H,23,25). The third-order valence-electron chi connectivity index (χ3n) is 4.44. The Morgan fingerprint density at radius 1 is 1.07 bits per heavy atom. The minimum atomic E-state index is -0.573. The molecule has 0 atom stereocenters. The van der Waals surface area contributed by atoms with Crippen LogP contribution < -0.4 is 5.32 Å². The average molecular weight is 408 g/mol. The minimum absolute atomic E-state index is 0.0604. The van der Waals surface area contributed by atoms with E-state index in [-0.39, 0.29) is 12.1 Å². The number of benzene rings is 2. The van der Waals surface area contributed by atoms with E-state index >= 15 is 0 Å². The highest BCUT2D eigenvalue weighted by Gasteiger charge is 2.16. The largest absolute Gasteiger partial charge is 0.461 e. The van der Waals surface area contributed by atoms with Crippen molar-refractivity contribution in [2.24, 2.45) is 0 Å². The number of amides is 1. The van der Waals surface area contributed by atoms with Crippen LogP contribution in [-0.4, -0.2) is 23.4 Å². The van der Waals surface area contributed by atoms with Crippen LogP contribution in [0.3, 0.4) is 0 Å². The van der Waals surface area contributed by atoms with Gasteiger partial charge in [0.1, 0.15) is 11.5 Å². The fraction of sp³-hybridized carbons (Fsp3) is 0.182. The quantitative estimate of drug-likeness (QED) is 0.338. The molecule has 0 saturated heterocycles. The zero-order valence-electron chi connectivity index (χ0n) is 16.3. The average Bonchev–Trinajstić information content (AvgIpc) is 3.22. The van der Waals surface area contributed by atoms with Gasteiger partial charge in [0.25, 0.3) is 11.6 Å². The van der Waals surface area contributed by atoms with Crippen molar-refractivity contribution in [1.82, 2.24) is 0 Å². The summed E-state index contributed by atoms with van der Waals surface area (Å²) in [7, 11) is 0. The molecule has 0 unspecified atom stereocenters. The number of aryl methyl sites for hydroxylation is 1. The second-order valence-corrected chi connectivity index (χ2v) is 6.55. The highest BCUT2D eigenvalue weighted by molar-refractivity contribution is 5.94. The molecule has 1 N–H and O–H groups in total. The number of carbonyl (C=O) groups is 2. The number of nitro benzene ring substituents is 1. The first-order valence-electron chi connectivity index (χ1n) is 9.27. The Kier molecular flexibility index (Phi) is 6.59. The monoisotopic (exact) mass is 408 g/mol. The molecule has 8 nitrogen and oxygen atoms in total. The Morgan fingerprint density at radius 2 is 1.83 bits per heavy atom. The fourth-order valence-corrected chi connectivity index (χ4v) is 2.86. The number of nitrogens with one attached hydrogen (secondary N) is 1. The zero-order valence-corrected chi connectivity index (χ0v) is 16.3. The van der Waals surface area contributed by atoms with Crippen molar-refractivity contribution < 1.29 is 23.7 Å². The van der Waals surface area contributed by atoms with Gasteiger partial charge < -0.3 is 14.5 Å². The summed E-state index contributed by atoms with van der Waals surface area (Å²) in [5.41, 5.74) is 1.47. The maximum absolute atomic E-state index is 12.0. The van der Waals surface area contributed by atoms with E-state index in [4.69, 9.17) is 9.15 Å². The lowest BCUT2D eigenvalue weighted by Gasteiger charge is -2.09. The SMILES string of the molecule is Cc1c(NC(=O)COC(=O)CCc2ccc(-c3ccccc3)o2)cccc1[N+](=O)[O-]. The number of furan rings is 1. The molecule has 154 valence electrons. The molecule has 0 aliphatic carbocycles. The summed E-state index contributed by atoms with van der Waals surface area (Å²) in [6, 6.07) is 17.6. The van der Waals surface area contributed by atoms with Crippen molar-refractivity contribution in [1.29, 1.82) is 0 Å². The number of nitro groups is 1. The van der Waals surface area contributed by atoms with E-state index in [1.165, 1.54) is 19.1 Å². The second-order valence-electron chi connectivity index (χ2n) is 6.55. The molecule has 0 spiro atoms. The number of esters is 1. The van der Waals surface area contributed by atoms with Gasteiger partial charge in [-0.15, -0.1) is 0 Å². The van der Waals surface area contributed by atoms with E-state index in [2.05, 4.69) is 5.32 Å². The summed E-state index contributed by atoms with van der Waals surface area (Å²) >= 11 is 0. The Hall–Kier alpha value is -3.94. The fourth-order valence-electron chi connectivity index (χ4n) is 2.86. The van der Waals surface area contributed by atoms with Gasteiger partial charge >= 0.3 is 5.97 Å². The number of anilines is 1. The van der Waals surface area contributed by atoms with Gasteiger partial charge in [0, 0.05) is 18.1 Å². The maximum Gasteiger partial charge on any atom is 0.306 e. The molecule has 0 aliphatic heterocycles. The van der Waals surface area contributed by atoms with Crippen LogP contribution in [0.2, 0.25) is 0 Å². The number of hydrogen-bond acceptors (Lipinski definition) is 6. The van der Waals surface area contributed by atoms with Gasteiger partial charge in [-0.25, -0.2) is 0 Å². The molecule has 0 fully saturated rings. The van der Waals surface area contributed by atoms with E-state index < -0.39 is 23.4 Å².